The van der Waals surface area contributed by atoms with Crippen LogP contribution in [-0.4, -0.2) is 7.11 Å². The maximum absolute atomic E-state index is 14.1. The molecule has 2 aromatic rings. The third-order valence-electron chi connectivity index (χ3n) is 2.92. The molecular formula is C14H11BrClF2NO. The molecule has 2 nitrogen and oxygen atoms in total. The van der Waals surface area contributed by atoms with Crippen molar-refractivity contribution in [2.45, 2.75) is 6.04 Å². The van der Waals surface area contributed by atoms with E-state index in [2.05, 4.69) is 15.9 Å². The predicted molar refractivity (Wildman–Crippen MR) is 78.1 cm³/mol. The van der Waals surface area contributed by atoms with E-state index in [-0.39, 0.29) is 10.0 Å². The van der Waals surface area contributed by atoms with Crippen molar-refractivity contribution in [3.05, 3.63) is 62.6 Å². The number of hydrogen-bond donors (Lipinski definition) is 1. The van der Waals surface area contributed by atoms with Gasteiger partial charge in [0.1, 0.15) is 17.4 Å². The number of methoxy groups -OCH3 is 1. The van der Waals surface area contributed by atoms with E-state index in [4.69, 9.17) is 22.1 Å². The second kappa shape index (κ2) is 6.08. The van der Waals surface area contributed by atoms with Crippen LogP contribution in [0.2, 0.25) is 5.02 Å². The van der Waals surface area contributed by atoms with Crippen LogP contribution < -0.4 is 10.5 Å². The van der Waals surface area contributed by atoms with Gasteiger partial charge in [-0.05, 0) is 40.2 Å². The third-order valence-corrected chi connectivity index (χ3v) is 3.77. The maximum atomic E-state index is 14.1. The number of rotatable bonds is 3. The van der Waals surface area contributed by atoms with Crippen molar-refractivity contribution in [3.8, 4) is 5.75 Å². The lowest BCUT2D eigenvalue weighted by atomic mass is 9.97. The second-order valence-corrected chi connectivity index (χ2v) is 5.41. The van der Waals surface area contributed by atoms with Gasteiger partial charge < -0.3 is 10.5 Å². The molecule has 20 heavy (non-hydrogen) atoms. The van der Waals surface area contributed by atoms with E-state index in [1.807, 2.05) is 0 Å². The largest absolute Gasteiger partial charge is 0.496 e. The first kappa shape index (κ1) is 15.2. The molecule has 0 heterocycles. The van der Waals surface area contributed by atoms with Crippen molar-refractivity contribution >= 4 is 27.5 Å². The summed E-state index contributed by atoms with van der Waals surface area (Å²) >= 11 is 8.88. The zero-order valence-corrected chi connectivity index (χ0v) is 12.8. The van der Waals surface area contributed by atoms with Gasteiger partial charge >= 0.3 is 0 Å². The lowest BCUT2D eigenvalue weighted by Gasteiger charge is -2.18. The van der Waals surface area contributed by atoms with Crippen molar-refractivity contribution in [2.75, 3.05) is 7.11 Å². The van der Waals surface area contributed by atoms with Gasteiger partial charge in [0.25, 0.3) is 0 Å². The number of hydrogen-bond acceptors (Lipinski definition) is 2. The molecule has 0 spiro atoms. The van der Waals surface area contributed by atoms with Crippen molar-refractivity contribution in [2.24, 2.45) is 5.73 Å². The molecule has 2 aromatic carbocycles. The summed E-state index contributed by atoms with van der Waals surface area (Å²) in [6.07, 6.45) is 0. The Morgan fingerprint density at radius 1 is 1.25 bits per heavy atom. The summed E-state index contributed by atoms with van der Waals surface area (Å²) in [6.45, 7) is 0. The molecule has 0 fully saturated rings. The number of benzene rings is 2. The molecule has 1 unspecified atom stereocenters. The van der Waals surface area contributed by atoms with Crippen LogP contribution in [0.4, 0.5) is 8.78 Å². The SMILES string of the molecule is COc1cc(Cl)ccc1C(N)c1c(F)ccc(Br)c1F. The molecule has 0 aromatic heterocycles. The molecule has 0 radical (unpaired) electrons. The van der Waals surface area contributed by atoms with E-state index in [1.54, 1.807) is 18.2 Å². The van der Waals surface area contributed by atoms with Crippen LogP contribution in [0.15, 0.2) is 34.8 Å². The monoisotopic (exact) mass is 361 g/mol. The van der Waals surface area contributed by atoms with Crippen LogP contribution in [0.1, 0.15) is 17.2 Å². The molecule has 0 bridgehead atoms. The van der Waals surface area contributed by atoms with E-state index in [9.17, 15) is 8.78 Å². The Kier molecular flexibility index (Phi) is 4.62. The first-order valence-electron chi connectivity index (χ1n) is 5.68. The molecule has 0 amide bonds. The smallest absolute Gasteiger partial charge is 0.145 e. The van der Waals surface area contributed by atoms with Crippen LogP contribution in [0.25, 0.3) is 0 Å². The van der Waals surface area contributed by atoms with E-state index in [0.29, 0.717) is 16.3 Å². The normalized spacial score (nSPS) is 12.3. The molecule has 106 valence electrons. The van der Waals surface area contributed by atoms with Gasteiger partial charge in [-0.25, -0.2) is 8.78 Å². The minimum absolute atomic E-state index is 0.150. The van der Waals surface area contributed by atoms with Gasteiger partial charge in [0.2, 0.25) is 0 Å². The number of ether oxygens (including phenoxy) is 1. The summed E-state index contributed by atoms with van der Waals surface area (Å²) in [6, 6.07) is 6.17. The van der Waals surface area contributed by atoms with Gasteiger partial charge in [-0.3, -0.25) is 0 Å². The molecule has 2 rings (SSSR count). The van der Waals surface area contributed by atoms with Gasteiger partial charge in [0, 0.05) is 16.1 Å². The summed E-state index contributed by atoms with van der Waals surface area (Å²) in [5, 5.41) is 0.452. The maximum Gasteiger partial charge on any atom is 0.145 e. The van der Waals surface area contributed by atoms with Gasteiger partial charge in [-0.2, -0.15) is 0 Å². The fraction of sp³-hybridized carbons (Fsp3) is 0.143. The molecule has 0 saturated heterocycles. The van der Waals surface area contributed by atoms with Crippen molar-refractivity contribution in [1.82, 2.24) is 0 Å². The molecule has 0 aliphatic heterocycles. The van der Waals surface area contributed by atoms with Crippen LogP contribution in [0.3, 0.4) is 0 Å². The van der Waals surface area contributed by atoms with Gasteiger partial charge in [-0.1, -0.05) is 17.7 Å². The lowest BCUT2D eigenvalue weighted by Crippen LogP contribution is -2.17. The molecule has 2 N–H and O–H groups in total. The molecule has 1 atom stereocenters. The van der Waals surface area contributed by atoms with Crippen LogP contribution in [0.5, 0.6) is 5.75 Å². The lowest BCUT2D eigenvalue weighted by molar-refractivity contribution is 0.406. The van der Waals surface area contributed by atoms with Gasteiger partial charge in [-0.15, -0.1) is 0 Å². The summed E-state index contributed by atoms with van der Waals surface area (Å²) in [5.41, 5.74) is 6.22. The van der Waals surface area contributed by atoms with Crippen LogP contribution >= 0.6 is 27.5 Å². The Hall–Kier alpha value is -1.17. The Balaban J connectivity index is 2.57. The zero-order valence-electron chi connectivity index (χ0n) is 10.5. The Morgan fingerprint density at radius 2 is 1.95 bits per heavy atom. The molecular weight excluding hydrogens is 352 g/mol. The van der Waals surface area contributed by atoms with Crippen LogP contribution in [-0.2, 0) is 0 Å². The highest BCUT2D eigenvalue weighted by atomic mass is 79.9. The molecule has 0 aliphatic rings. The quantitative estimate of drug-likeness (QED) is 0.820. The van der Waals surface area contributed by atoms with E-state index in [1.165, 1.54) is 13.2 Å². The minimum Gasteiger partial charge on any atom is -0.496 e. The molecule has 0 saturated carbocycles. The van der Waals surface area contributed by atoms with Gasteiger partial charge in [0.15, 0.2) is 0 Å². The fourth-order valence-electron chi connectivity index (χ4n) is 1.93. The average Bonchev–Trinajstić information content (AvgIpc) is 2.43. The van der Waals surface area contributed by atoms with Crippen LogP contribution in [0, 0.1) is 11.6 Å². The topological polar surface area (TPSA) is 35.2 Å². The predicted octanol–water partition coefficient (Wildman–Crippen LogP) is 4.44. The average molecular weight is 363 g/mol. The Labute approximate surface area is 128 Å². The summed E-state index contributed by atoms with van der Waals surface area (Å²) < 4.78 is 33.3. The highest BCUT2D eigenvalue weighted by Crippen LogP contribution is 2.34. The fourth-order valence-corrected chi connectivity index (χ4v) is 2.43. The minimum atomic E-state index is -1.00. The molecule has 0 aliphatic carbocycles. The highest BCUT2D eigenvalue weighted by Gasteiger charge is 2.23. The summed E-state index contributed by atoms with van der Waals surface area (Å²) in [7, 11) is 1.44. The summed E-state index contributed by atoms with van der Waals surface area (Å²) in [4.78, 5) is 0. The van der Waals surface area contributed by atoms with Crippen molar-refractivity contribution in [1.29, 1.82) is 0 Å². The van der Waals surface area contributed by atoms with Crippen molar-refractivity contribution in [3.63, 3.8) is 0 Å². The van der Waals surface area contributed by atoms with Crippen molar-refractivity contribution < 1.29 is 13.5 Å². The first-order chi connectivity index (χ1) is 9.45. The van der Waals surface area contributed by atoms with Gasteiger partial charge in [0.05, 0.1) is 17.6 Å². The highest BCUT2D eigenvalue weighted by molar-refractivity contribution is 9.10. The first-order valence-corrected chi connectivity index (χ1v) is 6.85. The van der Waals surface area contributed by atoms with E-state index in [0.717, 1.165) is 6.07 Å². The second-order valence-electron chi connectivity index (χ2n) is 4.12. The van der Waals surface area contributed by atoms with E-state index < -0.39 is 17.7 Å². The Bertz CT molecular complexity index is 651. The van der Waals surface area contributed by atoms with E-state index >= 15 is 0 Å². The molecule has 6 heteroatoms. The summed E-state index contributed by atoms with van der Waals surface area (Å²) in [5.74, 6) is -1.06. The number of halogens is 4. The number of nitrogens with two attached hydrogens (primary N) is 1. The zero-order chi connectivity index (χ0) is 14.9. The standard InChI is InChI=1S/C14H11BrClF2NO/c1-20-11-6-7(16)2-3-8(11)14(19)12-10(17)5-4-9(15)13(12)18/h2-6,14H,19H2,1H3. The third kappa shape index (κ3) is 2.80. The Morgan fingerprint density at radius 3 is 2.60 bits per heavy atom.